The summed E-state index contributed by atoms with van der Waals surface area (Å²) in [6, 6.07) is 15.5. The number of aryl methyl sites for hydroxylation is 2. The van der Waals surface area contributed by atoms with Crippen LogP contribution in [0.2, 0.25) is 5.15 Å². The Labute approximate surface area is 163 Å². The van der Waals surface area contributed by atoms with Gasteiger partial charge >= 0.3 is 0 Å². The Morgan fingerprint density at radius 2 is 1.89 bits per heavy atom. The largest absolute Gasteiger partial charge is 0.299 e. The van der Waals surface area contributed by atoms with Gasteiger partial charge in [-0.05, 0) is 54.7 Å². The summed E-state index contributed by atoms with van der Waals surface area (Å²) >= 11 is 5.90. The topological polar surface area (TPSA) is 47.8 Å². The molecular formula is C22H22ClN3O. The Morgan fingerprint density at radius 3 is 2.63 bits per heavy atom. The standard InChI is InChI=1S/C22H22ClN3O/c1-3-11-26-15-25-20-8-6-4-5-7-16(2)18(13-19(20)22(26)27)12-17-9-10-21(23)24-14-17/h4-10,13-15H,3,11-12H2,1-2H3. The number of hydrogen-bond donors (Lipinski definition) is 0. The van der Waals surface area contributed by atoms with E-state index in [1.54, 1.807) is 23.2 Å². The molecule has 0 unspecified atom stereocenters. The zero-order chi connectivity index (χ0) is 19.2. The molecule has 4 nitrogen and oxygen atoms in total. The zero-order valence-electron chi connectivity index (χ0n) is 15.5. The van der Waals surface area contributed by atoms with E-state index >= 15 is 0 Å². The van der Waals surface area contributed by atoms with Gasteiger partial charge in [0.25, 0.3) is 5.56 Å². The third-order valence-electron chi connectivity index (χ3n) is 4.40. The van der Waals surface area contributed by atoms with Crippen LogP contribution >= 0.6 is 11.6 Å². The Bertz CT molecular complexity index is 1060. The van der Waals surface area contributed by atoms with E-state index in [1.807, 2.05) is 56.3 Å². The van der Waals surface area contributed by atoms with Gasteiger partial charge in [0.1, 0.15) is 5.15 Å². The van der Waals surface area contributed by atoms with Crippen LogP contribution in [0.5, 0.6) is 0 Å². The molecule has 0 fully saturated rings. The highest BCUT2D eigenvalue weighted by atomic mass is 35.5. The molecule has 0 aliphatic heterocycles. The van der Waals surface area contributed by atoms with E-state index < -0.39 is 0 Å². The average Bonchev–Trinajstić information content (AvgIpc) is 2.66. The average molecular weight is 380 g/mol. The second kappa shape index (κ2) is 8.78. The van der Waals surface area contributed by atoms with Gasteiger partial charge in [-0.1, -0.05) is 48.9 Å². The Kier molecular flexibility index (Phi) is 6.20. The number of hydrogen-bond acceptors (Lipinski definition) is 3. The highest BCUT2D eigenvalue weighted by Crippen LogP contribution is 2.15. The van der Waals surface area contributed by atoms with Gasteiger partial charge in [0.2, 0.25) is 0 Å². The summed E-state index contributed by atoms with van der Waals surface area (Å²) in [5.41, 5.74) is 3.84. The van der Waals surface area contributed by atoms with Gasteiger partial charge in [0, 0.05) is 12.7 Å². The van der Waals surface area contributed by atoms with E-state index in [4.69, 9.17) is 11.6 Å². The number of pyridine rings is 1. The van der Waals surface area contributed by atoms with E-state index in [-0.39, 0.29) is 5.56 Å². The first-order chi connectivity index (χ1) is 13.1. The van der Waals surface area contributed by atoms with Gasteiger partial charge < -0.3 is 0 Å². The quantitative estimate of drug-likeness (QED) is 0.607. The fourth-order valence-electron chi connectivity index (χ4n) is 2.91. The molecule has 2 aromatic heterocycles. The molecule has 138 valence electrons. The lowest BCUT2D eigenvalue weighted by Gasteiger charge is -2.07. The second-order valence-corrected chi connectivity index (χ2v) is 6.86. The molecule has 0 aliphatic carbocycles. The summed E-state index contributed by atoms with van der Waals surface area (Å²) in [6.45, 7) is 4.75. The van der Waals surface area contributed by atoms with Crippen molar-refractivity contribution < 1.29 is 0 Å². The maximum atomic E-state index is 13.0. The van der Waals surface area contributed by atoms with Crippen LogP contribution in [0, 0.1) is 6.92 Å². The fraction of sp³-hybridized carbons (Fsp3) is 0.227. The van der Waals surface area contributed by atoms with E-state index in [0.717, 1.165) is 23.1 Å². The van der Waals surface area contributed by atoms with Gasteiger partial charge in [-0.2, -0.15) is 0 Å². The van der Waals surface area contributed by atoms with E-state index in [2.05, 4.69) is 9.97 Å². The van der Waals surface area contributed by atoms with Crippen molar-refractivity contribution in [3.05, 3.63) is 93.3 Å². The lowest BCUT2D eigenvalue weighted by atomic mass is 10.0. The monoisotopic (exact) mass is 379 g/mol. The first-order valence-electron chi connectivity index (χ1n) is 9.01. The Hall–Kier alpha value is -2.72. The maximum absolute atomic E-state index is 13.0. The number of rotatable bonds is 4. The Morgan fingerprint density at radius 1 is 1.07 bits per heavy atom. The number of nitrogens with zero attached hydrogens (tertiary/aromatic N) is 3. The van der Waals surface area contributed by atoms with Crippen molar-refractivity contribution in [1.29, 1.82) is 0 Å². The van der Waals surface area contributed by atoms with Crippen molar-refractivity contribution >= 4 is 22.5 Å². The predicted octanol–water partition coefficient (Wildman–Crippen LogP) is 4.88. The van der Waals surface area contributed by atoms with Crippen LogP contribution < -0.4 is 5.56 Å². The van der Waals surface area contributed by atoms with Gasteiger partial charge in [-0.25, -0.2) is 9.97 Å². The van der Waals surface area contributed by atoms with Crippen LogP contribution in [0.3, 0.4) is 0 Å². The van der Waals surface area contributed by atoms with Crippen LogP contribution in [0.15, 0.2) is 65.8 Å². The molecule has 0 bridgehead atoms. The van der Waals surface area contributed by atoms with Crippen molar-refractivity contribution in [2.24, 2.45) is 0 Å². The van der Waals surface area contributed by atoms with E-state index in [0.29, 0.717) is 29.0 Å². The number of aromatic nitrogens is 3. The SMILES string of the molecule is CCCn1cnc2cccccc(C)c(Cc3ccc(Cl)nc3)cc2c1=O. The molecule has 0 spiro atoms. The third-order valence-corrected chi connectivity index (χ3v) is 4.62. The first kappa shape index (κ1) is 19.1. The summed E-state index contributed by atoms with van der Waals surface area (Å²) in [5.74, 6) is 0. The summed E-state index contributed by atoms with van der Waals surface area (Å²) in [7, 11) is 0. The third kappa shape index (κ3) is 4.72. The molecule has 27 heavy (non-hydrogen) atoms. The highest BCUT2D eigenvalue weighted by molar-refractivity contribution is 6.29. The minimum atomic E-state index is -0.0180. The summed E-state index contributed by atoms with van der Waals surface area (Å²) in [5, 5.41) is 1.08. The predicted molar refractivity (Wildman–Crippen MR) is 111 cm³/mol. The second-order valence-electron chi connectivity index (χ2n) is 6.47. The maximum Gasteiger partial charge on any atom is 0.261 e. The lowest BCUT2D eigenvalue weighted by molar-refractivity contribution is 0.648. The van der Waals surface area contributed by atoms with Crippen LogP contribution in [0.4, 0.5) is 0 Å². The molecule has 0 saturated carbocycles. The molecule has 0 atom stereocenters. The van der Waals surface area contributed by atoms with Crippen LogP contribution in [0.1, 0.15) is 30.0 Å². The molecule has 0 amide bonds. The minimum absolute atomic E-state index is 0.0180. The highest BCUT2D eigenvalue weighted by Gasteiger charge is 2.05. The molecule has 0 N–H and O–H groups in total. The molecule has 2 heterocycles. The summed E-state index contributed by atoms with van der Waals surface area (Å²) in [4.78, 5) is 21.7. The van der Waals surface area contributed by atoms with Crippen molar-refractivity contribution in [2.45, 2.75) is 33.2 Å². The lowest BCUT2D eigenvalue weighted by Crippen LogP contribution is -2.20. The number of fused-ring (bicyclic) bond motifs is 1. The van der Waals surface area contributed by atoms with Crippen LogP contribution in [-0.4, -0.2) is 14.5 Å². The van der Waals surface area contributed by atoms with Gasteiger partial charge in [-0.15, -0.1) is 0 Å². The number of halogens is 1. The molecule has 1 aromatic carbocycles. The molecule has 0 saturated heterocycles. The molecule has 5 heteroatoms. The van der Waals surface area contributed by atoms with Gasteiger partial charge in [0.05, 0.1) is 17.2 Å². The molecule has 0 aliphatic rings. The molecule has 3 rings (SSSR count). The molecule has 0 radical (unpaired) electrons. The zero-order valence-corrected chi connectivity index (χ0v) is 16.3. The Balaban J connectivity index is 2.26. The van der Waals surface area contributed by atoms with Crippen molar-refractivity contribution in [3.8, 4) is 0 Å². The summed E-state index contributed by atoms with van der Waals surface area (Å²) < 4.78 is 1.67. The van der Waals surface area contributed by atoms with Crippen molar-refractivity contribution in [2.75, 3.05) is 0 Å². The summed E-state index contributed by atoms with van der Waals surface area (Å²) in [6.07, 6.45) is 4.94. The van der Waals surface area contributed by atoms with Gasteiger partial charge in [-0.3, -0.25) is 9.36 Å². The molecule has 3 aromatic rings. The minimum Gasteiger partial charge on any atom is -0.299 e. The van der Waals surface area contributed by atoms with E-state index in [1.165, 1.54) is 0 Å². The van der Waals surface area contributed by atoms with Gasteiger partial charge in [0.15, 0.2) is 0 Å². The van der Waals surface area contributed by atoms with E-state index in [9.17, 15) is 4.79 Å². The van der Waals surface area contributed by atoms with Crippen molar-refractivity contribution in [3.63, 3.8) is 0 Å². The van der Waals surface area contributed by atoms with Crippen molar-refractivity contribution in [1.82, 2.24) is 14.5 Å². The fourth-order valence-corrected chi connectivity index (χ4v) is 3.03. The first-order valence-corrected chi connectivity index (χ1v) is 9.38. The molecular weight excluding hydrogens is 358 g/mol. The smallest absolute Gasteiger partial charge is 0.261 e. The van der Waals surface area contributed by atoms with Crippen LogP contribution in [-0.2, 0) is 13.0 Å². The van der Waals surface area contributed by atoms with Crippen LogP contribution in [0.25, 0.3) is 10.9 Å². The normalized spacial score (nSPS) is 10.6.